The molecule has 29 heavy (non-hydrogen) atoms. The third-order valence-electron chi connectivity index (χ3n) is 4.89. The Bertz CT molecular complexity index is 961. The van der Waals surface area contributed by atoms with E-state index in [2.05, 4.69) is 27.8 Å². The van der Waals surface area contributed by atoms with E-state index in [-0.39, 0.29) is 21.5 Å². The third kappa shape index (κ3) is 5.68. The van der Waals surface area contributed by atoms with Crippen LogP contribution in [-0.2, 0) is 10.0 Å². The molecular weight excluding hydrogens is 428 g/mol. The van der Waals surface area contributed by atoms with Crippen LogP contribution in [0.15, 0.2) is 46.0 Å². The summed E-state index contributed by atoms with van der Waals surface area (Å²) in [6.45, 7) is 2.19. The number of thiocarbonyl (C=S) groups is 1. The number of carbonyl (C=O) groups is 1. The van der Waals surface area contributed by atoms with Gasteiger partial charge in [0.2, 0.25) is 0 Å². The van der Waals surface area contributed by atoms with Crippen LogP contribution in [0.25, 0.3) is 0 Å². The number of para-hydroxylation sites is 1. The molecule has 1 heterocycles. The summed E-state index contributed by atoms with van der Waals surface area (Å²) in [6, 6.07) is 9.86. The van der Waals surface area contributed by atoms with Crippen LogP contribution in [0.4, 0.5) is 5.69 Å². The maximum Gasteiger partial charge on any atom is 0.271 e. The van der Waals surface area contributed by atoms with Crippen molar-refractivity contribution in [1.82, 2.24) is 16.2 Å². The highest BCUT2D eigenvalue weighted by Gasteiger charge is 2.22. The average Bonchev–Trinajstić information content (AvgIpc) is 3.24. The Morgan fingerprint density at radius 1 is 1.10 bits per heavy atom. The molecule has 3 rings (SSSR count). The van der Waals surface area contributed by atoms with E-state index in [1.165, 1.54) is 12.5 Å². The van der Waals surface area contributed by atoms with E-state index >= 15 is 0 Å². The summed E-state index contributed by atoms with van der Waals surface area (Å²) >= 11 is 6.39. The van der Waals surface area contributed by atoms with Crippen molar-refractivity contribution in [3.63, 3.8) is 0 Å². The zero-order valence-electron chi connectivity index (χ0n) is 16.0. The first-order valence-corrected chi connectivity index (χ1v) is 12.2. The van der Waals surface area contributed by atoms with E-state index in [4.69, 9.17) is 12.2 Å². The second-order valence-electron chi connectivity index (χ2n) is 7.00. The van der Waals surface area contributed by atoms with Crippen LogP contribution in [0.2, 0.25) is 0 Å². The fourth-order valence-electron chi connectivity index (χ4n) is 3.30. The van der Waals surface area contributed by atoms with Crippen LogP contribution >= 0.6 is 23.6 Å². The molecule has 2 unspecified atom stereocenters. The summed E-state index contributed by atoms with van der Waals surface area (Å²) in [5.41, 5.74) is 5.63. The molecular formula is C19H24N4O3S3. The van der Waals surface area contributed by atoms with Crippen LogP contribution in [0.1, 0.15) is 43.0 Å². The van der Waals surface area contributed by atoms with Crippen molar-refractivity contribution in [3.05, 3.63) is 47.3 Å². The Morgan fingerprint density at radius 2 is 1.86 bits per heavy atom. The normalized spacial score (nSPS) is 19.2. The molecule has 156 valence electrons. The summed E-state index contributed by atoms with van der Waals surface area (Å²) in [6.07, 6.45) is 4.60. The van der Waals surface area contributed by atoms with Crippen LogP contribution < -0.4 is 20.9 Å². The van der Waals surface area contributed by atoms with Gasteiger partial charge in [-0.15, -0.1) is 11.3 Å². The van der Waals surface area contributed by atoms with Crippen molar-refractivity contribution in [2.75, 3.05) is 4.72 Å². The predicted molar refractivity (Wildman–Crippen MR) is 119 cm³/mol. The molecule has 1 aromatic heterocycles. The van der Waals surface area contributed by atoms with Gasteiger partial charge in [0, 0.05) is 6.04 Å². The molecule has 4 N–H and O–H groups in total. The van der Waals surface area contributed by atoms with Gasteiger partial charge in [0.05, 0.1) is 11.3 Å². The topological polar surface area (TPSA) is 99.3 Å². The Morgan fingerprint density at radius 3 is 2.59 bits per heavy atom. The molecule has 0 spiro atoms. The van der Waals surface area contributed by atoms with Gasteiger partial charge in [-0.1, -0.05) is 38.0 Å². The van der Waals surface area contributed by atoms with E-state index in [1.54, 1.807) is 35.7 Å². The molecule has 1 saturated carbocycles. The summed E-state index contributed by atoms with van der Waals surface area (Å²) in [5.74, 6) is 0.0295. The molecule has 1 aliphatic rings. The van der Waals surface area contributed by atoms with Gasteiger partial charge in [0.25, 0.3) is 15.9 Å². The summed E-state index contributed by atoms with van der Waals surface area (Å²) in [5, 5.41) is 5.26. The van der Waals surface area contributed by atoms with Gasteiger partial charge >= 0.3 is 0 Å². The molecule has 0 radical (unpaired) electrons. The molecule has 1 aromatic carbocycles. The molecule has 0 bridgehead atoms. The molecule has 0 saturated heterocycles. The summed E-state index contributed by atoms with van der Waals surface area (Å²) < 4.78 is 27.6. The maximum atomic E-state index is 12.6. The molecule has 2 aromatic rings. The second-order valence-corrected chi connectivity index (χ2v) is 10.3. The van der Waals surface area contributed by atoms with E-state index in [0.717, 1.165) is 30.6 Å². The van der Waals surface area contributed by atoms with E-state index in [9.17, 15) is 13.2 Å². The smallest absolute Gasteiger partial charge is 0.271 e. The predicted octanol–water partition coefficient (Wildman–Crippen LogP) is 3.24. The van der Waals surface area contributed by atoms with Gasteiger partial charge in [-0.2, -0.15) is 0 Å². The highest BCUT2D eigenvalue weighted by Crippen LogP contribution is 2.24. The highest BCUT2D eigenvalue weighted by molar-refractivity contribution is 7.94. The Labute approximate surface area is 180 Å². The molecule has 7 nitrogen and oxygen atoms in total. The highest BCUT2D eigenvalue weighted by atomic mass is 32.2. The SMILES string of the molecule is CC1CCCCC1NC(=S)NNC(=O)c1ccccc1NS(=O)(=O)c1cccs1. The Kier molecular flexibility index (Phi) is 7.09. The van der Waals surface area contributed by atoms with Crippen molar-refractivity contribution in [2.45, 2.75) is 42.9 Å². The second kappa shape index (κ2) is 9.55. The first-order valence-electron chi connectivity index (χ1n) is 9.39. The van der Waals surface area contributed by atoms with Crippen LogP contribution in [0.3, 0.4) is 0 Å². The zero-order chi connectivity index (χ0) is 20.9. The lowest BCUT2D eigenvalue weighted by atomic mass is 9.86. The summed E-state index contributed by atoms with van der Waals surface area (Å²) in [4.78, 5) is 12.6. The van der Waals surface area contributed by atoms with Gasteiger partial charge in [-0.25, -0.2) is 8.42 Å². The largest absolute Gasteiger partial charge is 0.358 e. The van der Waals surface area contributed by atoms with E-state index < -0.39 is 15.9 Å². The standard InChI is InChI=1S/C19H24N4O3S3/c1-13-7-2-4-9-15(13)20-19(27)22-21-18(24)14-8-3-5-10-16(14)23-29(25,26)17-11-6-12-28-17/h3,5-6,8,10-13,15,23H,2,4,7,9H2,1H3,(H,21,24)(H2,20,22,27). The van der Waals surface area contributed by atoms with Gasteiger partial charge in [0.15, 0.2) is 5.11 Å². The monoisotopic (exact) mass is 452 g/mol. The fourth-order valence-corrected chi connectivity index (χ4v) is 5.57. The third-order valence-corrected chi connectivity index (χ3v) is 7.88. The minimum atomic E-state index is -3.75. The minimum Gasteiger partial charge on any atom is -0.358 e. The minimum absolute atomic E-state index is 0.179. The zero-order valence-corrected chi connectivity index (χ0v) is 18.4. The van der Waals surface area contributed by atoms with Crippen molar-refractivity contribution in [3.8, 4) is 0 Å². The maximum absolute atomic E-state index is 12.6. The van der Waals surface area contributed by atoms with Crippen LogP contribution in [0.5, 0.6) is 0 Å². The number of hydrazine groups is 1. The van der Waals surface area contributed by atoms with Crippen molar-refractivity contribution in [1.29, 1.82) is 0 Å². The van der Waals surface area contributed by atoms with Crippen LogP contribution in [0, 0.1) is 5.92 Å². The lowest BCUT2D eigenvalue weighted by molar-refractivity contribution is 0.0944. The molecule has 0 aliphatic heterocycles. The van der Waals surface area contributed by atoms with Gasteiger partial charge in [-0.05, 0) is 54.6 Å². The number of hydrogen-bond acceptors (Lipinski definition) is 5. The lowest BCUT2D eigenvalue weighted by Gasteiger charge is -2.30. The van der Waals surface area contributed by atoms with Gasteiger partial charge in [0.1, 0.15) is 4.21 Å². The number of amides is 1. The molecule has 10 heteroatoms. The average molecular weight is 453 g/mol. The van der Waals surface area contributed by atoms with Crippen molar-refractivity contribution in [2.24, 2.45) is 5.92 Å². The number of hydrogen-bond donors (Lipinski definition) is 4. The van der Waals surface area contributed by atoms with E-state index in [1.807, 2.05) is 0 Å². The van der Waals surface area contributed by atoms with Crippen LogP contribution in [-0.4, -0.2) is 25.5 Å². The summed E-state index contributed by atoms with van der Waals surface area (Å²) in [7, 11) is -3.75. The Balaban J connectivity index is 1.62. The van der Waals surface area contributed by atoms with Gasteiger partial charge in [-0.3, -0.25) is 20.4 Å². The van der Waals surface area contributed by atoms with E-state index in [0.29, 0.717) is 11.0 Å². The fraction of sp³-hybridized carbons (Fsp3) is 0.368. The molecule has 2 atom stereocenters. The lowest BCUT2D eigenvalue weighted by Crippen LogP contribution is -2.51. The molecule has 1 fully saturated rings. The number of benzene rings is 1. The molecule has 1 amide bonds. The molecule has 1 aliphatic carbocycles. The number of carbonyl (C=O) groups excluding carboxylic acids is 1. The van der Waals surface area contributed by atoms with Crippen molar-refractivity contribution < 1.29 is 13.2 Å². The quantitative estimate of drug-likeness (QED) is 0.411. The number of thiophene rings is 1. The number of anilines is 1. The number of nitrogens with one attached hydrogen (secondary N) is 4. The van der Waals surface area contributed by atoms with Gasteiger partial charge < -0.3 is 5.32 Å². The number of rotatable bonds is 5. The first kappa shape index (κ1) is 21.5. The first-order chi connectivity index (χ1) is 13.9. The van der Waals surface area contributed by atoms with Crippen molar-refractivity contribution >= 4 is 50.3 Å². The Hall–Kier alpha value is -2.17. The number of sulfonamides is 1.